The van der Waals surface area contributed by atoms with Crippen molar-refractivity contribution in [2.75, 3.05) is 12.3 Å². The number of nitrogen functional groups attached to an aromatic ring is 1. The van der Waals surface area contributed by atoms with Crippen LogP contribution in [0.2, 0.25) is 0 Å². The van der Waals surface area contributed by atoms with Crippen LogP contribution in [0.15, 0.2) is 34.7 Å². The first-order chi connectivity index (χ1) is 10.2. The van der Waals surface area contributed by atoms with Gasteiger partial charge in [0, 0.05) is 24.7 Å². The van der Waals surface area contributed by atoms with Gasteiger partial charge in [0.1, 0.15) is 11.5 Å². The van der Waals surface area contributed by atoms with Gasteiger partial charge in [-0.15, -0.1) is 0 Å². The summed E-state index contributed by atoms with van der Waals surface area (Å²) < 4.78 is 6.03. The van der Waals surface area contributed by atoms with Crippen molar-refractivity contribution in [2.24, 2.45) is 5.92 Å². The van der Waals surface area contributed by atoms with Crippen molar-refractivity contribution in [3.63, 3.8) is 0 Å². The third-order valence-corrected chi connectivity index (χ3v) is 4.93. The molecule has 110 valence electrons. The number of benzene rings is 1. The van der Waals surface area contributed by atoms with E-state index in [0.717, 1.165) is 43.4 Å². The summed E-state index contributed by atoms with van der Waals surface area (Å²) in [4.78, 5) is 2.43. The highest BCUT2D eigenvalue weighted by atomic mass is 16.3. The predicted octanol–water partition coefficient (Wildman–Crippen LogP) is 3.54. The van der Waals surface area contributed by atoms with Gasteiger partial charge >= 0.3 is 0 Å². The standard InChI is InChI=1S/C18H22N2O/c1-12-9-15(12)18-6-5-14(21-18)10-20-8-7-13-3-2-4-17(19)16(13)11-20/h2-6,12,15H,7-11,19H2,1H3. The van der Waals surface area contributed by atoms with Gasteiger partial charge in [0.15, 0.2) is 0 Å². The van der Waals surface area contributed by atoms with Crippen LogP contribution in [0.4, 0.5) is 5.69 Å². The molecular weight excluding hydrogens is 260 g/mol. The molecule has 3 nitrogen and oxygen atoms in total. The minimum absolute atomic E-state index is 0.663. The van der Waals surface area contributed by atoms with Gasteiger partial charge in [-0.05, 0) is 48.1 Å². The van der Waals surface area contributed by atoms with Crippen LogP contribution >= 0.6 is 0 Å². The first-order valence-corrected chi connectivity index (χ1v) is 7.88. The summed E-state index contributed by atoms with van der Waals surface area (Å²) in [6.45, 7) is 5.18. The molecule has 1 aromatic heterocycles. The molecule has 0 saturated heterocycles. The lowest BCUT2D eigenvalue weighted by molar-refractivity contribution is 0.224. The van der Waals surface area contributed by atoms with Crippen LogP contribution in [0.25, 0.3) is 0 Å². The summed E-state index contributed by atoms with van der Waals surface area (Å²) in [7, 11) is 0. The number of hydrogen-bond acceptors (Lipinski definition) is 3. The van der Waals surface area contributed by atoms with Crippen LogP contribution < -0.4 is 5.73 Å². The second-order valence-corrected chi connectivity index (χ2v) is 6.57. The molecule has 2 heterocycles. The smallest absolute Gasteiger partial charge is 0.118 e. The Morgan fingerprint density at radius 2 is 2.14 bits per heavy atom. The van der Waals surface area contributed by atoms with Gasteiger partial charge < -0.3 is 10.2 Å². The van der Waals surface area contributed by atoms with Crippen molar-refractivity contribution >= 4 is 5.69 Å². The van der Waals surface area contributed by atoms with Gasteiger partial charge in [-0.1, -0.05) is 19.1 Å². The molecule has 0 amide bonds. The molecule has 4 rings (SSSR count). The highest BCUT2D eigenvalue weighted by molar-refractivity contribution is 5.51. The van der Waals surface area contributed by atoms with Gasteiger partial charge in [0.2, 0.25) is 0 Å². The maximum Gasteiger partial charge on any atom is 0.118 e. The average Bonchev–Trinajstić information content (AvgIpc) is 3.03. The molecule has 0 bridgehead atoms. The lowest BCUT2D eigenvalue weighted by atomic mass is 9.98. The van der Waals surface area contributed by atoms with E-state index in [1.807, 2.05) is 6.07 Å². The number of fused-ring (bicyclic) bond motifs is 1. The van der Waals surface area contributed by atoms with E-state index in [2.05, 4.69) is 36.1 Å². The quantitative estimate of drug-likeness (QED) is 0.876. The van der Waals surface area contributed by atoms with Gasteiger partial charge in [-0.25, -0.2) is 0 Å². The Labute approximate surface area is 125 Å². The van der Waals surface area contributed by atoms with Crippen molar-refractivity contribution in [3.8, 4) is 0 Å². The van der Waals surface area contributed by atoms with Crippen molar-refractivity contribution in [2.45, 2.75) is 38.8 Å². The van der Waals surface area contributed by atoms with Crippen LogP contribution in [0, 0.1) is 5.92 Å². The number of rotatable bonds is 3. The molecule has 0 spiro atoms. The molecule has 1 aliphatic heterocycles. The topological polar surface area (TPSA) is 42.4 Å². The maximum atomic E-state index is 6.11. The maximum absolute atomic E-state index is 6.11. The molecule has 1 aliphatic carbocycles. The van der Waals surface area contributed by atoms with Crippen LogP contribution in [-0.4, -0.2) is 11.4 Å². The van der Waals surface area contributed by atoms with Gasteiger partial charge in [-0.2, -0.15) is 0 Å². The third-order valence-electron chi connectivity index (χ3n) is 4.93. The average molecular weight is 282 g/mol. The molecule has 2 atom stereocenters. The van der Waals surface area contributed by atoms with E-state index >= 15 is 0 Å². The molecule has 1 aromatic carbocycles. The Morgan fingerprint density at radius 3 is 2.95 bits per heavy atom. The molecular formula is C18H22N2O. The Hall–Kier alpha value is -1.74. The molecule has 0 radical (unpaired) electrons. The van der Waals surface area contributed by atoms with Crippen LogP contribution in [0.3, 0.4) is 0 Å². The van der Waals surface area contributed by atoms with Crippen LogP contribution in [0.5, 0.6) is 0 Å². The van der Waals surface area contributed by atoms with E-state index in [-0.39, 0.29) is 0 Å². The second kappa shape index (κ2) is 4.92. The Bertz CT molecular complexity index is 661. The zero-order valence-electron chi connectivity index (χ0n) is 12.5. The largest absolute Gasteiger partial charge is 0.464 e. The lowest BCUT2D eigenvalue weighted by Crippen LogP contribution is -2.30. The highest BCUT2D eigenvalue weighted by Crippen LogP contribution is 2.47. The Morgan fingerprint density at radius 1 is 1.29 bits per heavy atom. The summed E-state index contributed by atoms with van der Waals surface area (Å²) in [5.41, 5.74) is 9.73. The first kappa shape index (κ1) is 13.0. The number of furan rings is 1. The van der Waals surface area contributed by atoms with E-state index in [1.165, 1.54) is 23.3 Å². The van der Waals surface area contributed by atoms with Crippen molar-refractivity contribution in [3.05, 3.63) is 53.0 Å². The van der Waals surface area contributed by atoms with Crippen molar-refractivity contribution in [1.29, 1.82) is 0 Å². The van der Waals surface area contributed by atoms with E-state index in [0.29, 0.717) is 5.92 Å². The van der Waals surface area contributed by atoms with Gasteiger partial charge in [0.25, 0.3) is 0 Å². The van der Waals surface area contributed by atoms with Crippen molar-refractivity contribution < 1.29 is 4.42 Å². The fraction of sp³-hybridized carbons (Fsp3) is 0.444. The van der Waals surface area contributed by atoms with Crippen LogP contribution in [0.1, 0.15) is 41.9 Å². The van der Waals surface area contributed by atoms with E-state index in [1.54, 1.807) is 0 Å². The second-order valence-electron chi connectivity index (χ2n) is 6.57. The molecule has 1 saturated carbocycles. The van der Waals surface area contributed by atoms with E-state index in [4.69, 9.17) is 10.2 Å². The third kappa shape index (κ3) is 2.46. The molecule has 21 heavy (non-hydrogen) atoms. The van der Waals surface area contributed by atoms with E-state index in [9.17, 15) is 0 Å². The molecule has 2 aromatic rings. The monoisotopic (exact) mass is 282 g/mol. The number of nitrogens with two attached hydrogens (primary N) is 1. The number of hydrogen-bond donors (Lipinski definition) is 1. The highest BCUT2D eigenvalue weighted by Gasteiger charge is 2.36. The summed E-state index contributed by atoms with van der Waals surface area (Å²) in [5, 5.41) is 0. The van der Waals surface area contributed by atoms with E-state index < -0.39 is 0 Å². The Balaban J connectivity index is 1.46. The zero-order valence-corrected chi connectivity index (χ0v) is 12.5. The summed E-state index contributed by atoms with van der Waals surface area (Å²) in [6.07, 6.45) is 2.36. The SMILES string of the molecule is CC1CC1c1ccc(CN2CCc3cccc(N)c3C2)o1. The van der Waals surface area contributed by atoms with Crippen molar-refractivity contribution in [1.82, 2.24) is 4.90 Å². The summed E-state index contributed by atoms with van der Waals surface area (Å²) in [5.74, 6) is 3.72. The van der Waals surface area contributed by atoms with Crippen LogP contribution in [-0.2, 0) is 19.5 Å². The van der Waals surface area contributed by atoms with Gasteiger partial charge in [-0.3, -0.25) is 4.90 Å². The molecule has 2 aliphatic rings. The molecule has 2 unspecified atom stereocenters. The summed E-state index contributed by atoms with van der Waals surface area (Å²) in [6, 6.07) is 10.6. The minimum atomic E-state index is 0.663. The molecule has 1 fully saturated rings. The number of nitrogens with zero attached hydrogens (tertiary/aromatic N) is 1. The zero-order chi connectivity index (χ0) is 14.4. The number of anilines is 1. The lowest BCUT2D eigenvalue weighted by Gasteiger charge is -2.28. The fourth-order valence-corrected chi connectivity index (χ4v) is 3.42. The summed E-state index contributed by atoms with van der Waals surface area (Å²) >= 11 is 0. The normalized spacial score (nSPS) is 24.8. The predicted molar refractivity (Wildman–Crippen MR) is 83.9 cm³/mol. The molecule has 3 heteroatoms. The van der Waals surface area contributed by atoms with Gasteiger partial charge in [0.05, 0.1) is 6.54 Å². The Kier molecular flexibility index (Phi) is 3.03. The fourth-order valence-electron chi connectivity index (χ4n) is 3.42. The first-order valence-electron chi connectivity index (χ1n) is 7.88. The molecule has 2 N–H and O–H groups in total. The minimum Gasteiger partial charge on any atom is -0.464 e.